The molecule has 0 radical (unpaired) electrons. The molecule has 2 rings (SSSR count). The van der Waals surface area contributed by atoms with Crippen LogP contribution in [-0.4, -0.2) is 15.7 Å². The second-order valence-electron chi connectivity index (χ2n) is 4.09. The number of nitrogens with zero attached hydrogens (tertiary/aromatic N) is 2. The van der Waals surface area contributed by atoms with Gasteiger partial charge in [0.25, 0.3) is 0 Å². The zero-order valence-electron chi connectivity index (χ0n) is 10.5. The van der Waals surface area contributed by atoms with Gasteiger partial charge in [-0.3, -0.25) is 9.48 Å². The fraction of sp³-hybridized carbons (Fsp3) is 0.143. The predicted molar refractivity (Wildman–Crippen MR) is 75.5 cm³/mol. The van der Waals surface area contributed by atoms with Gasteiger partial charge in [0, 0.05) is 36.5 Å². The summed E-state index contributed by atoms with van der Waals surface area (Å²) in [7, 11) is 1.84. The van der Waals surface area contributed by atoms with Crippen molar-refractivity contribution < 1.29 is 4.79 Å². The lowest BCUT2D eigenvalue weighted by molar-refractivity contribution is -0.116. The Labute approximate surface area is 116 Å². The van der Waals surface area contributed by atoms with Crippen LogP contribution in [0.5, 0.6) is 0 Å². The molecule has 1 heterocycles. The molecule has 0 saturated carbocycles. The number of aromatic nitrogens is 2. The van der Waals surface area contributed by atoms with Crippen molar-refractivity contribution in [2.75, 3.05) is 0 Å². The van der Waals surface area contributed by atoms with Crippen LogP contribution in [-0.2, 0) is 18.4 Å². The van der Waals surface area contributed by atoms with E-state index in [1.165, 1.54) is 6.08 Å². The maximum Gasteiger partial charge on any atom is 0.244 e. The van der Waals surface area contributed by atoms with Gasteiger partial charge >= 0.3 is 0 Å². The Balaban J connectivity index is 1.89. The van der Waals surface area contributed by atoms with E-state index in [1.807, 2.05) is 31.4 Å². The van der Waals surface area contributed by atoms with Crippen LogP contribution >= 0.6 is 11.6 Å². The number of rotatable bonds is 4. The van der Waals surface area contributed by atoms with Gasteiger partial charge in [0.15, 0.2) is 0 Å². The van der Waals surface area contributed by atoms with Crippen LogP contribution in [0.4, 0.5) is 0 Å². The number of halogens is 1. The molecule has 2 aromatic rings. The van der Waals surface area contributed by atoms with Gasteiger partial charge in [0.2, 0.25) is 5.91 Å². The summed E-state index contributed by atoms with van der Waals surface area (Å²) in [4.78, 5) is 11.6. The van der Waals surface area contributed by atoms with E-state index in [9.17, 15) is 4.79 Å². The van der Waals surface area contributed by atoms with Crippen molar-refractivity contribution in [3.8, 4) is 0 Å². The Kier molecular flexibility index (Phi) is 4.36. The van der Waals surface area contributed by atoms with Gasteiger partial charge in [-0.1, -0.05) is 29.8 Å². The molecule has 4 nitrogen and oxygen atoms in total. The average Bonchev–Trinajstić information content (AvgIpc) is 2.81. The van der Waals surface area contributed by atoms with Gasteiger partial charge in [-0.25, -0.2) is 0 Å². The molecule has 19 heavy (non-hydrogen) atoms. The summed E-state index contributed by atoms with van der Waals surface area (Å²) < 4.78 is 1.70. The molecular formula is C14H14ClN3O. The smallest absolute Gasteiger partial charge is 0.244 e. The topological polar surface area (TPSA) is 46.9 Å². The lowest BCUT2D eigenvalue weighted by atomic mass is 10.2. The van der Waals surface area contributed by atoms with E-state index in [2.05, 4.69) is 10.4 Å². The monoisotopic (exact) mass is 275 g/mol. The Morgan fingerprint density at radius 2 is 2.26 bits per heavy atom. The van der Waals surface area contributed by atoms with E-state index in [0.717, 1.165) is 11.1 Å². The van der Waals surface area contributed by atoms with Crippen molar-refractivity contribution in [1.82, 2.24) is 15.1 Å². The highest BCUT2D eigenvalue weighted by molar-refractivity contribution is 6.32. The molecule has 1 aromatic heterocycles. The Morgan fingerprint density at radius 3 is 2.95 bits per heavy atom. The molecule has 0 aliphatic heterocycles. The Hall–Kier alpha value is -2.07. The fourth-order valence-corrected chi connectivity index (χ4v) is 1.79. The standard InChI is InChI=1S/C14H14ClN3O/c1-18-10-11(9-17-18)8-16-14(19)7-6-12-4-2-3-5-13(12)15/h2-7,9-10H,8H2,1H3,(H,16,19)/b7-6+. The molecule has 0 fully saturated rings. The maximum atomic E-state index is 11.6. The lowest BCUT2D eigenvalue weighted by Gasteiger charge is -1.99. The molecule has 0 bridgehead atoms. The third kappa shape index (κ3) is 3.96. The maximum absolute atomic E-state index is 11.6. The molecule has 0 atom stereocenters. The number of benzene rings is 1. The fourth-order valence-electron chi connectivity index (χ4n) is 1.59. The summed E-state index contributed by atoms with van der Waals surface area (Å²) in [6, 6.07) is 7.36. The van der Waals surface area contributed by atoms with Crippen molar-refractivity contribution in [1.29, 1.82) is 0 Å². The van der Waals surface area contributed by atoms with E-state index in [4.69, 9.17) is 11.6 Å². The predicted octanol–water partition coefficient (Wildman–Crippen LogP) is 2.40. The van der Waals surface area contributed by atoms with Gasteiger partial charge in [-0.2, -0.15) is 5.10 Å². The summed E-state index contributed by atoms with van der Waals surface area (Å²) in [5.41, 5.74) is 1.78. The van der Waals surface area contributed by atoms with Crippen LogP contribution in [0, 0.1) is 0 Å². The van der Waals surface area contributed by atoms with Crippen molar-refractivity contribution in [3.63, 3.8) is 0 Å². The van der Waals surface area contributed by atoms with Crippen molar-refractivity contribution in [2.45, 2.75) is 6.54 Å². The second kappa shape index (κ2) is 6.20. The Morgan fingerprint density at radius 1 is 1.47 bits per heavy atom. The number of aryl methyl sites for hydroxylation is 1. The summed E-state index contributed by atoms with van der Waals surface area (Å²) in [6.07, 6.45) is 6.74. The zero-order valence-corrected chi connectivity index (χ0v) is 11.3. The molecule has 5 heteroatoms. The first-order chi connectivity index (χ1) is 9.15. The minimum absolute atomic E-state index is 0.163. The molecule has 0 spiro atoms. The highest BCUT2D eigenvalue weighted by Crippen LogP contribution is 2.15. The van der Waals surface area contributed by atoms with E-state index in [1.54, 1.807) is 23.0 Å². The summed E-state index contributed by atoms with van der Waals surface area (Å²) in [6.45, 7) is 0.458. The first-order valence-electron chi connectivity index (χ1n) is 5.83. The van der Waals surface area contributed by atoms with Crippen molar-refractivity contribution >= 4 is 23.6 Å². The highest BCUT2D eigenvalue weighted by Gasteiger charge is 1.99. The number of hydrogen-bond donors (Lipinski definition) is 1. The van der Waals surface area contributed by atoms with Gasteiger partial charge in [0.1, 0.15) is 0 Å². The van der Waals surface area contributed by atoms with Crippen LogP contribution in [0.15, 0.2) is 42.7 Å². The van der Waals surface area contributed by atoms with E-state index in [0.29, 0.717) is 11.6 Å². The molecule has 1 amide bonds. The molecule has 0 aliphatic carbocycles. The van der Waals surface area contributed by atoms with Crippen LogP contribution in [0.2, 0.25) is 5.02 Å². The molecule has 98 valence electrons. The first kappa shape index (κ1) is 13.4. The second-order valence-corrected chi connectivity index (χ2v) is 4.50. The zero-order chi connectivity index (χ0) is 13.7. The van der Waals surface area contributed by atoms with Crippen LogP contribution in [0.25, 0.3) is 6.08 Å². The Bertz CT molecular complexity index is 604. The average molecular weight is 276 g/mol. The van der Waals surface area contributed by atoms with Crippen molar-refractivity contribution in [2.24, 2.45) is 7.05 Å². The highest BCUT2D eigenvalue weighted by atomic mass is 35.5. The third-order valence-corrected chi connectivity index (χ3v) is 2.89. The van der Waals surface area contributed by atoms with Crippen LogP contribution in [0.1, 0.15) is 11.1 Å². The van der Waals surface area contributed by atoms with Gasteiger partial charge in [-0.05, 0) is 17.7 Å². The van der Waals surface area contributed by atoms with Crippen LogP contribution < -0.4 is 5.32 Å². The summed E-state index contributed by atoms with van der Waals surface area (Å²) in [5, 5.41) is 7.43. The summed E-state index contributed by atoms with van der Waals surface area (Å²) in [5.74, 6) is -0.163. The van der Waals surface area contributed by atoms with Gasteiger partial charge < -0.3 is 5.32 Å². The molecule has 1 aromatic carbocycles. The molecule has 1 N–H and O–H groups in total. The first-order valence-corrected chi connectivity index (χ1v) is 6.21. The summed E-state index contributed by atoms with van der Waals surface area (Å²) >= 11 is 5.99. The van der Waals surface area contributed by atoms with Crippen molar-refractivity contribution in [3.05, 3.63) is 58.9 Å². The van der Waals surface area contributed by atoms with E-state index < -0.39 is 0 Å². The number of nitrogens with one attached hydrogen (secondary N) is 1. The van der Waals surface area contributed by atoms with Crippen LogP contribution in [0.3, 0.4) is 0 Å². The van der Waals surface area contributed by atoms with E-state index >= 15 is 0 Å². The number of carbonyl (C=O) groups excluding carboxylic acids is 1. The minimum Gasteiger partial charge on any atom is -0.348 e. The molecular weight excluding hydrogens is 262 g/mol. The largest absolute Gasteiger partial charge is 0.348 e. The van der Waals surface area contributed by atoms with Gasteiger partial charge in [-0.15, -0.1) is 0 Å². The lowest BCUT2D eigenvalue weighted by Crippen LogP contribution is -2.19. The minimum atomic E-state index is -0.163. The van der Waals surface area contributed by atoms with Gasteiger partial charge in [0.05, 0.1) is 6.20 Å². The molecule has 0 aliphatic rings. The van der Waals surface area contributed by atoms with E-state index in [-0.39, 0.29) is 5.91 Å². The molecule has 0 unspecified atom stereocenters. The number of carbonyl (C=O) groups is 1. The third-order valence-electron chi connectivity index (χ3n) is 2.54. The molecule has 0 saturated heterocycles. The normalized spacial score (nSPS) is 10.8. The SMILES string of the molecule is Cn1cc(CNC(=O)/C=C/c2ccccc2Cl)cn1. The number of amides is 1. The quantitative estimate of drug-likeness (QED) is 0.871. The number of hydrogen-bond acceptors (Lipinski definition) is 2.